The average molecular weight is 370 g/mol. The largest absolute Gasteiger partial charge is 0.467 e. The summed E-state index contributed by atoms with van der Waals surface area (Å²) in [6.45, 7) is 1.48. The highest BCUT2D eigenvalue weighted by molar-refractivity contribution is 7.16. The van der Waals surface area contributed by atoms with Gasteiger partial charge in [0.15, 0.2) is 10.8 Å². The Hall–Kier alpha value is -2.77. The molecule has 1 aromatic heterocycles. The van der Waals surface area contributed by atoms with Crippen LogP contribution < -0.4 is 4.80 Å². The topological polar surface area (TPSA) is 80.9 Å². The minimum absolute atomic E-state index is 0.334. The molecule has 3 rings (SSSR count). The highest BCUT2D eigenvalue weighted by Gasteiger charge is 2.24. The van der Waals surface area contributed by atoms with Crippen LogP contribution in [-0.2, 0) is 9.53 Å². The van der Waals surface area contributed by atoms with Crippen LogP contribution in [-0.4, -0.2) is 35.3 Å². The van der Waals surface area contributed by atoms with E-state index in [1.165, 1.54) is 18.4 Å². The molecule has 0 aliphatic carbocycles. The van der Waals surface area contributed by atoms with Crippen molar-refractivity contribution in [2.75, 3.05) is 13.7 Å². The number of hydrogen-bond acceptors (Lipinski definition) is 5. The van der Waals surface area contributed by atoms with Crippen molar-refractivity contribution in [2.45, 2.75) is 13.0 Å². The lowest BCUT2D eigenvalue weighted by atomic mass is 10.1. The van der Waals surface area contributed by atoms with Crippen LogP contribution in [0.1, 0.15) is 22.0 Å². The summed E-state index contributed by atoms with van der Waals surface area (Å²) in [5, 5.41) is 9.72. The van der Waals surface area contributed by atoms with Gasteiger partial charge in [0, 0.05) is 5.56 Å². The number of aliphatic hydroxyl groups is 1. The maximum Gasteiger partial charge on any atom is 0.331 e. The number of para-hydroxylation sites is 1. The van der Waals surface area contributed by atoms with E-state index in [1.54, 1.807) is 16.7 Å². The molecule has 0 spiro atoms. The number of thiazole rings is 1. The van der Waals surface area contributed by atoms with E-state index < -0.39 is 24.5 Å². The van der Waals surface area contributed by atoms with Crippen molar-refractivity contribution < 1.29 is 19.4 Å². The normalized spacial score (nSPS) is 13.0. The summed E-state index contributed by atoms with van der Waals surface area (Å²) >= 11 is 1.28. The third kappa shape index (κ3) is 3.44. The number of hydrogen-bond donors (Lipinski definition) is 1. The van der Waals surface area contributed by atoms with E-state index in [4.69, 9.17) is 4.74 Å². The molecule has 3 aromatic rings. The Labute approximate surface area is 154 Å². The molecule has 0 radical (unpaired) electrons. The van der Waals surface area contributed by atoms with E-state index in [0.717, 1.165) is 10.3 Å². The Morgan fingerprint density at radius 1 is 1.19 bits per heavy atom. The number of aliphatic hydroxyl groups excluding tert-OH is 1. The zero-order valence-electron chi connectivity index (χ0n) is 14.4. The van der Waals surface area contributed by atoms with Gasteiger partial charge in [0.2, 0.25) is 0 Å². The lowest BCUT2D eigenvalue weighted by Gasteiger charge is -2.14. The van der Waals surface area contributed by atoms with E-state index >= 15 is 0 Å². The van der Waals surface area contributed by atoms with Crippen molar-refractivity contribution in [3.63, 3.8) is 0 Å². The molecule has 134 valence electrons. The number of carbonyl (C=O) groups is 2. The van der Waals surface area contributed by atoms with Crippen LogP contribution >= 0.6 is 11.3 Å². The second-order valence-corrected chi connectivity index (χ2v) is 6.74. The van der Waals surface area contributed by atoms with Gasteiger partial charge in [0.05, 0.1) is 23.9 Å². The number of benzene rings is 2. The molecule has 7 heteroatoms. The van der Waals surface area contributed by atoms with Gasteiger partial charge in [0.25, 0.3) is 5.91 Å². The molecule has 1 atom stereocenters. The first kappa shape index (κ1) is 18.0. The molecular weight excluding hydrogens is 352 g/mol. The van der Waals surface area contributed by atoms with E-state index in [-0.39, 0.29) is 0 Å². The number of rotatable bonds is 4. The maximum absolute atomic E-state index is 12.6. The van der Waals surface area contributed by atoms with E-state index in [1.807, 2.05) is 43.3 Å². The second-order valence-electron chi connectivity index (χ2n) is 5.73. The van der Waals surface area contributed by atoms with Crippen LogP contribution in [0.15, 0.2) is 53.5 Å². The third-order valence-electron chi connectivity index (χ3n) is 3.99. The van der Waals surface area contributed by atoms with Crippen molar-refractivity contribution in [1.82, 2.24) is 4.57 Å². The molecule has 1 N–H and O–H groups in total. The molecule has 0 saturated heterocycles. The van der Waals surface area contributed by atoms with Crippen molar-refractivity contribution in [3.8, 4) is 0 Å². The molecule has 26 heavy (non-hydrogen) atoms. The van der Waals surface area contributed by atoms with Gasteiger partial charge in [-0.15, -0.1) is 0 Å². The van der Waals surface area contributed by atoms with Crippen LogP contribution in [0.2, 0.25) is 0 Å². The first-order valence-corrected chi connectivity index (χ1v) is 8.81. The van der Waals surface area contributed by atoms with E-state index in [2.05, 4.69) is 4.99 Å². The summed E-state index contributed by atoms with van der Waals surface area (Å²) in [4.78, 5) is 29.2. The van der Waals surface area contributed by atoms with Gasteiger partial charge in [-0.3, -0.25) is 9.36 Å². The van der Waals surface area contributed by atoms with Gasteiger partial charge < -0.3 is 9.84 Å². The van der Waals surface area contributed by atoms with E-state index in [0.29, 0.717) is 15.9 Å². The summed E-state index contributed by atoms with van der Waals surface area (Å²) in [6.07, 6.45) is 0. The Balaban J connectivity index is 2.18. The molecule has 0 bridgehead atoms. The van der Waals surface area contributed by atoms with Crippen LogP contribution in [0.5, 0.6) is 0 Å². The minimum atomic E-state index is -0.972. The number of nitrogens with zero attached hydrogens (tertiary/aromatic N) is 2. The lowest BCUT2D eigenvalue weighted by molar-refractivity contribution is -0.145. The Morgan fingerprint density at radius 3 is 2.54 bits per heavy atom. The fourth-order valence-electron chi connectivity index (χ4n) is 2.62. The second kappa shape index (κ2) is 7.63. The smallest absolute Gasteiger partial charge is 0.331 e. The molecular formula is C19H18N2O4S. The number of amides is 1. The summed E-state index contributed by atoms with van der Waals surface area (Å²) in [5.41, 5.74) is 2.21. The molecule has 1 amide bonds. The van der Waals surface area contributed by atoms with Crippen molar-refractivity contribution in [2.24, 2.45) is 4.99 Å². The highest BCUT2D eigenvalue weighted by Crippen LogP contribution is 2.21. The van der Waals surface area contributed by atoms with Gasteiger partial charge in [-0.2, -0.15) is 4.99 Å². The standard InChI is InChI=1S/C19H18N2O4S/c1-12-7-9-13(10-8-12)17(23)20-19-21(15(11-22)18(24)25-2)14-5-3-4-6-16(14)26-19/h3-10,15,22H,11H2,1-2H3/b20-19-. The summed E-state index contributed by atoms with van der Waals surface area (Å²) in [6, 6.07) is 13.5. The zero-order valence-corrected chi connectivity index (χ0v) is 15.2. The molecule has 0 fully saturated rings. The van der Waals surface area contributed by atoms with Crippen LogP contribution in [0, 0.1) is 6.92 Å². The Bertz CT molecular complexity index is 1020. The van der Waals surface area contributed by atoms with Crippen molar-refractivity contribution in [1.29, 1.82) is 0 Å². The molecule has 1 heterocycles. The number of methoxy groups -OCH3 is 1. The number of fused-ring (bicyclic) bond motifs is 1. The predicted octanol–water partition coefficient (Wildman–Crippen LogP) is 2.46. The first-order valence-electron chi connectivity index (χ1n) is 7.99. The SMILES string of the molecule is COC(=O)C(CO)n1/c(=N/C(=O)c2ccc(C)cc2)sc2ccccc21. The lowest BCUT2D eigenvalue weighted by Crippen LogP contribution is -2.31. The van der Waals surface area contributed by atoms with Gasteiger partial charge in [-0.1, -0.05) is 41.2 Å². The van der Waals surface area contributed by atoms with Crippen LogP contribution in [0.3, 0.4) is 0 Å². The average Bonchev–Trinajstić information content (AvgIpc) is 3.00. The van der Waals surface area contributed by atoms with E-state index in [9.17, 15) is 14.7 Å². The van der Waals surface area contributed by atoms with Gasteiger partial charge >= 0.3 is 5.97 Å². The van der Waals surface area contributed by atoms with Gasteiger partial charge in [0.1, 0.15) is 0 Å². The number of aryl methyl sites for hydroxylation is 1. The fraction of sp³-hybridized carbons (Fsp3) is 0.211. The summed E-state index contributed by atoms with van der Waals surface area (Å²) in [5.74, 6) is -1.01. The van der Waals surface area contributed by atoms with Gasteiger partial charge in [-0.05, 0) is 31.2 Å². The first-order chi connectivity index (χ1) is 12.5. The quantitative estimate of drug-likeness (QED) is 0.716. The molecule has 6 nitrogen and oxygen atoms in total. The number of esters is 1. The number of carbonyl (C=O) groups excluding carboxylic acids is 2. The highest BCUT2D eigenvalue weighted by atomic mass is 32.1. The van der Waals surface area contributed by atoms with Crippen LogP contribution in [0.4, 0.5) is 0 Å². The summed E-state index contributed by atoms with van der Waals surface area (Å²) in [7, 11) is 1.26. The number of aromatic nitrogens is 1. The number of ether oxygens (including phenoxy) is 1. The fourth-order valence-corrected chi connectivity index (χ4v) is 3.68. The maximum atomic E-state index is 12.6. The van der Waals surface area contributed by atoms with Crippen molar-refractivity contribution >= 4 is 33.4 Å². The Kier molecular flexibility index (Phi) is 5.29. The predicted molar refractivity (Wildman–Crippen MR) is 99.0 cm³/mol. The van der Waals surface area contributed by atoms with Crippen LogP contribution in [0.25, 0.3) is 10.2 Å². The third-order valence-corrected chi connectivity index (χ3v) is 5.02. The summed E-state index contributed by atoms with van der Waals surface area (Å²) < 4.78 is 7.20. The van der Waals surface area contributed by atoms with Crippen molar-refractivity contribution in [3.05, 3.63) is 64.5 Å². The molecule has 1 unspecified atom stereocenters. The molecule has 0 aliphatic rings. The van der Waals surface area contributed by atoms with Gasteiger partial charge in [-0.25, -0.2) is 4.79 Å². The molecule has 2 aromatic carbocycles. The molecule has 0 saturated carbocycles. The Morgan fingerprint density at radius 2 is 1.88 bits per heavy atom. The zero-order chi connectivity index (χ0) is 18.7. The molecule has 0 aliphatic heterocycles. The monoisotopic (exact) mass is 370 g/mol. The minimum Gasteiger partial charge on any atom is -0.467 e.